The minimum atomic E-state index is -0.518. The highest BCUT2D eigenvalue weighted by molar-refractivity contribution is 5.92. The van der Waals surface area contributed by atoms with Crippen molar-refractivity contribution in [3.8, 4) is 5.75 Å². The summed E-state index contributed by atoms with van der Waals surface area (Å²) in [5.41, 5.74) is 5.03. The summed E-state index contributed by atoms with van der Waals surface area (Å²) < 4.78 is 10.5. The average molecular weight is 280 g/mol. The number of nitrogens with one attached hydrogen (secondary N) is 1. The minimum Gasteiger partial charge on any atom is -0.492 e. The molecule has 3 N–H and O–H groups in total. The molecule has 0 saturated heterocycles. The van der Waals surface area contributed by atoms with Crippen LogP contribution in [0.3, 0.4) is 0 Å². The maximum Gasteiger partial charge on any atom is 0.407 e. The predicted molar refractivity (Wildman–Crippen MR) is 74.7 cm³/mol. The normalized spacial score (nSPS) is 10.8. The van der Waals surface area contributed by atoms with Crippen molar-refractivity contribution >= 4 is 12.0 Å². The van der Waals surface area contributed by atoms with Gasteiger partial charge in [-0.15, -0.1) is 0 Å². The van der Waals surface area contributed by atoms with Crippen LogP contribution in [0.4, 0.5) is 4.79 Å². The van der Waals surface area contributed by atoms with Gasteiger partial charge in [0.05, 0.1) is 6.54 Å². The number of rotatable bonds is 5. The molecule has 0 atom stereocenters. The van der Waals surface area contributed by atoms with Crippen LogP contribution in [0.15, 0.2) is 24.3 Å². The Labute approximate surface area is 118 Å². The topological polar surface area (TPSA) is 90.7 Å². The quantitative estimate of drug-likeness (QED) is 0.803. The van der Waals surface area contributed by atoms with E-state index in [4.69, 9.17) is 15.2 Å². The molecule has 0 bridgehead atoms. The molecule has 2 amide bonds. The van der Waals surface area contributed by atoms with Crippen molar-refractivity contribution in [1.82, 2.24) is 5.32 Å². The van der Waals surface area contributed by atoms with Gasteiger partial charge < -0.3 is 20.5 Å². The van der Waals surface area contributed by atoms with Gasteiger partial charge in [0.1, 0.15) is 18.0 Å². The highest BCUT2D eigenvalue weighted by Gasteiger charge is 2.15. The van der Waals surface area contributed by atoms with E-state index in [1.165, 1.54) is 0 Å². The lowest BCUT2D eigenvalue weighted by atomic mass is 10.2. The van der Waals surface area contributed by atoms with Crippen LogP contribution in [0.5, 0.6) is 5.75 Å². The lowest BCUT2D eigenvalue weighted by molar-refractivity contribution is 0.0520. The summed E-state index contributed by atoms with van der Waals surface area (Å²) in [5, 5.41) is 2.58. The van der Waals surface area contributed by atoms with Gasteiger partial charge in [0, 0.05) is 5.56 Å². The largest absolute Gasteiger partial charge is 0.492 e. The number of carbonyl (C=O) groups excluding carboxylic acids is 2. The summed E-state index contributed by atoms with van der Waals surface area (Å²) in [6.45, 7) is 6.01. The van der Waals surface area contributed by atoms with E-state index in [-0.39, 0.29) is 0 Å². The molecule has 0 aliphatic rings. The van der Waals surface area contributed by atoms with Crippen molar-refractivity contribution in [2.75, 3.05) is 13.2 Å². The number of benzene rings is 1. The number of hydrogen-bond acceptors (Lipinski definition) is 4. The number of carbonyl (C=O) groups is 2. The Balaban J connectivity index is 2.27. The molecule has 0 aliphatic heterocycles. The van der Waals surface area contributed by atoms with Crippen molar-refractivity contribution in [2.45, 2.75) is 26.4 Å². The van der Waals surface area contributed by atoms with Crippen LogP contribution in [-0.2, 0) is 4.74 Å². The molecule has 6 heteroatoms. The third kappa shape index (κ3) is 6.08. The maximum atomic E-state index is 11.3. The predicted octanol–water partition coefficient (Wildman–Crippen LogP) is 1.69. The fraction of sp³-hybridized carbons (Fsp3) is 0.429. The van der Waals surface area contributed by atoms with E-state index < -0.39 is 17.6 Å². The SMILES string of the molecule is CC(C)(C)OC(=O)NCCOc1ccc(C(N)=O)cc1. The molecular formula is C14H20N2O4. The van der Waals surface area contributed by atoms with Gasteiger partial charge >= 0.3 is 6.09 Å². The first-order valence-electron chi connectivity index (χ1n) is 6.27. The first kappa shape index (κ1) is 15.8. The Morgan fingerprint density at radius 1 is 1.20 bits per heavy atom. The van der Waals surface area contributed by atoms with Crippen molar-refractivity contribution in [3.63, 3.8) is 0 Å². The second kappa shape index (κ2) is 6.79. The van der Waals surface area contributed by atoms with E-state index >= 15 is 0 Å². The van der Waals surface area contributed by atoms with Crippen LogP contribution in [0, 0.1) is 0 Å². The fourth-order valence-corrected chi connectivity index (χ4v) is 1.35. The lowest BCUT2D eigenvalue weighted by Gasteiger charge is -2.19. The van der Waals surface area contributed by atoms with Crippen LogP contribution in [0.1, 0.15) is 31.1 Å². The first-order valence-corrected chi connectivity index (χ1v) is 6.27. The van der Waals surface area contributed by atoms with Gasteiger partial charge in [-0.1, -0.05) is 0 Å². The molecule has 0 aliphatic carbocycles. The Morgan fingerprint density at radius 2 is 1.80 bits per heavy atom. The summed E-state index contributed by atoms with van der Waals surface area (Å²) >= 11 is 0. The molecule has 0 saturated carbocycles. The summed E-state index contributed by atoms with van der Waals surface area (Å²) in [6.07, 6.45) is -0.481. The number of nitrogens with two attached hydrogens (primary N) is 1. The van der Waals surface area contributed by atoms with Crippen LogP contribution in [0.25, 0.3) is 0 Å². The van der Waals surface area contributed by atoms with E-state index in [1.807, 2.05) is 0 Å². The van der Waals surface area contributed by atoms with Crippen molar-refractivity contribution in [1.29, 1.82) is 0 Å². The third-order valence-electron chi connectivity index (χ3n) is 2.18. The number of hydrogen-bond donors (Lipinski definition) is 2. The summed E-state index contributed by atoms with van der Waals surface area (Å²) in [4.78, 5) is 22.2. The zero-order chi connectivity index (χ0) is 15.2. The molecule has 1 rings (SSSR count). The van der Waals surface area contributed by atoms with E-state index in [0.717, 1.165) is 0 Å². The standard InChI is InChI=1S/C14H20N2O4/c1-14(2,3)20-13(18)16-8-9-19-11-6-4-10(5-7-11)12(15)17/h4-7H,8-9H2,1-3H3,(H2,15,17)(H,16,18). The molecule has 6 nitrogen and oxygen atoms in total. The number of ether oxygens (including phenoxy) is 2. The Kier molecular flexibility index (Phi) is 5.37. The van der Waals surface area contributed by atoms with Gasteiger partial charge in [-0.3, -0.25) is 4.79 Å². The van der Waals surface area contributed by atoms with Gasteiger partial charge in [-0.25, -0.2) is 4.79 Å². The van der Waals surface area contributed by atoms with E-state index in [1.54, 1.807) is 45.0 Å². The zero-order valence-corrected chi connectivity index (χ0v) is 11.9. The monoisotopic (exact) mass is 280 g/mol. The van der Waals surface area contributed by atoms with Crippen LogP contribution in [-0.4, -0.2) is 30.8 Å². The zero-order valence-electron chi connectivity index (χ0n) is 11.9. The lowest BCUT2D eigenvalue weighted by Crippen LogP contribution is -2.34. The molecule has 0 radical (unpaired) electrons. The van der Waals surface area contributed by atoms with Gasteiger partial charge in [0.15, 0.2) is 0 Å². The smallest absolute Gasteiger partial charge is 0.407 e. The number of alkyl carbamates (subject to hydrolysis) is 1. The second-order valence-electron chi connectivity index (χ2n) is 5.17. The van der Waals surface area contributed by atoms with Crippen LogP contribution in [0.2, 0.25) is 0 Å². The Morgan fingerprint density at radius 3 is 2.30 bits per heavy atom. The van der Waals surface area contributed by atoms with Gasteiger partial charge in [0.25, 0.3) is 0 Å². The van der Waals surface area contributed by atoms with E-state index in [2.05, 4.69) is 5.32 Å². The molecule has 0 heterocycles. The summed E-state index contributed by atoms with van der Waals surface area (Å²) in [6, 6.07) is 6.46. The Bertz CT molecular complexity index is 463. The molecule has 0 fully saturated rings. The number of amides is 2. The van der Waals surface area contributed by atoms with Gasteiger partial charge in [-0.05, 0) is 45.0 Å². The Hall–Kier alpha value is -2.24. The fourth-order valence-electron chi connectivity index (χ4n) is 1.35. The summed E-state index contributed by atoms with van der Waals surface area (Å²) in [5.74, 6) is 0.115. The molecule has 1 aromatic carbocycles. The molecule has 0 spiro atoms. The van der Waals surface area contributed by atoms with Crippen LogP contribution < -0.4 is 15.8 Å². The molecule has 110 valence electrons. The van der Waals surface area contributed by atoms with E-state index in [0.29, 0.717) is 24.5 Å². The first-order chi connectivity index (χ1) is 9.28. The van der Waals surface area contributed by atoms with E-state index in [9.17, 15) is 9.59 Å². The average Bonchev–Trinajstić information content (AvgIpc) is 2.33. The van der Waals surface area contributed by atoms with Crippen molar-refractivity contribution < 1.29 is 19.1 Å². The third-order valence-corrected chi connectivity index (χ3v) is 2.18. The van der Waals surface area contributed by atoms with Gasteiger partial charge in [0.2, 0.25) is 5.91 Å². The van der Waals surface area contributed by atoms with Crippen molar-refractivity contribution in [2.24, 2.45) is 5.73 Å². The molecule has 0 unspecified atom stereocenters. The molecular weight excluding hydrogens is 260 g/mol. The van der Waals surface area contributed by atoms with Crippen molar-refractivity contribution in [3.05, 3.63) is 29.8 Å². The van der Waals surface area contributed by atoms with Gasteiger partial charge in [-0.2, -0.15) is 0 Å². The molecule has 1 aromatic rings. The highest BCUT2D eigenvalue weighted by Crippen LogP contribution is 2.11. The van der Waals surface area contributed by atoms with Crippen LogP contribution >= 0.6 is 0 Å². The molecule has 0 aromatic heterocycles. The summed E-state index contributed by atoms with van der Waals surface area (Å²) in [7, 11) is 0. The maximum absolute atomic E-state index is 11.3. The highest BCUT2D eigenvalue weighted by atomic mass is 16.6. The minimum absolute atomic E-state index is 0.301. The molecule has 20 heavy (non-hydrogen) atoms. The number of primary amides is 1. The second-order valence-corrected chi connectivity index (χ2v) is 5.17.